The fourth-order valence-corrected chi connectivity index (χ4v) is 2.42. The van der Waals surface area contributed by atoms with Gasteiger partial charge in [-0.2, -0.15) is 0 Å². The number of Topliss-reactive ketones (excluding diaryl/α,β-unsaturated/α-hetero) is 1. The third-order valence-electron chi connectivity index (χ3n) is 3.37. The molecule has 3 nitrogen and oxygen atoms in total. The van der Waals surface area contributed by atoms with Crippen molar-refractivity contribution in [2.75, 3.05) is 6.54 Å². The third kappa shape index (κ3) is 1.88. The zero-order valence-electron chi connectivity index (χ0n) is 9.54. The second-order valence-corrected chi connectivity index (χ2v) is 4.46. The van der Waals surface area contributed by atoms with E-state index in [0.717, 1.165) is 24.1 Å². The van der Waals surface area contributed by atoms with E-state index < -0.39 is 0 Å². The number of rotatable bonds is 1. The Hall–Kier alpha value is -1.90. The van der Waals surface area contributed by atoms with Crippen LogP contribution >= 0.6 is 0 Å². The molecular weight excluding hydrogens is 212 g/mol. The van der Waals surface area contributed by atoms with Gasteiger partial charge in [0, 0.05) is 43.2 Å². The number of carbonyl (C=O) groups excluding carboxylic acids is 1. The molecule has 0 spiro atoms. The number of ketones is 1. The van der Waals surface area contributed by atoms with E-state index in [1.54, 1.807) is 12.4 Å². The first-order chi connectivity index (χ1) is 8.34. The number of aromatic nitrogens is 1. The number of hydrogen-bond donors (Lipinski definition) is 0. The molecule has 0 saturated heterocycles. The van der Waals surface area contributed by atoms with Gasteiger partial charge in [0.05, 0.1) is 0 Å². The average Bonchev–Trinajstić information content (AvgIpc) is 2.39. The van der Waals surface area contributed by atoms with Crippen molar-refractivity contribution in [3.63, 3.8) is 0 Å². The highest BCUT2D eigenvalue weighted by Gasteiger charge is 2.28. The number of nitrogens with zero attached hydrogens (tertiary/aromatic N) is 2. The van der Waals surface area contributed by atoms with Crippen LogP contribution in [0.1, 0.15) is 18.4 Å². The number of fused-ring (bicyclic) bond motifs is 1. The van der Waals surface area contributed by atoms with E-state index >= 15 is 0 Å². The quantitative estimate of drug-likeness (QED) is 0.687. The summed E-state index contributed by atoms with van der Waals surface area (Å²) in [5.74, 6) is 0.243. The van der Waals surface area contributed by atoms with Gasteiger partial charge in [0.1, 0.15) is 0 Å². The van der Waals surface area contributed by atoms with Crippen molar-refractivity contribution in [1.82, 2.24) is 9.88 Å². The molecule has 0 radical (unpaired) electrons. The Bertz CT molecular complexity index is 490. The van der Waals surface area contributed by atoms with Crippen molar-refractivity contribution in [3.05, 3.63) is 48.4 Å². The van der Waals surface area contributed by atoms with Crippen molar-refractivity contribution in [2.45, 2.75) is 18.9 Å². The Morgan fingerprint density at radius 2 is 2.06 bits per heavy atom. The molecule has 3 rings (SSSR count). The summed E-state index contributed by atoms with van der Waals surface area (Å²) in [6.07, 6.45) is 11.4. The maximum atomic E-state index is 12.1. The predicted molar refractivity (Wildman–Crippen MR) is 66.1 cm³/mol. The van der Waals surface area contributed by atoms with Crippen molar-refractivity contribution < 1.29 is 4.79 Å². The molecule has 2 aliphatic heterocycles. The van der Waals surface area contributed by atoms with Crippen LogP contribution in [0, 0.1) is 0 Å². The van der Waals surface area contributed by atoms with Crippen LogP contribution in [0.4, 0.5) is 0 Å². The number of hydrogen-bond acceptors (Lipinski definition) is 3. The summed E-state index contributed by atoms with van der Waals surface area (Å²) in [7, 11) is 0. The van der Waals surface area contributed by atoms with Gasteiger partial charge in [-0.3, -0.25) is 9.78 Å². The van der Waals surface area contributed by atoms with Gasteiger partial charge in [-0.25, -0.2) is 0 Å². The lowest BCUT2D eigenvalue weighted by atomic mass is 9.91. The average molecular weight is 226 g/mol. The van der Waals surface area contributed by atoms with E-state index in [2.05, 4.69) is 22.0 Å². The van der Waals surface area contributed by atoms with Crippen molar-refractivity contribution in [2.24, 2.45) is 0 Å². The van der Waals surface area contributed by atoms with Gasteiger partial charge in [0.2, 0.25) is 0 Å². The molecule has 1 atom stereocenters. The van der Waals surface area contributed by atoms with Crippen LogP contribution in [0.5, 0.6) is 0 Å². The van der Waals surface area contributed by atoms with E-state index in [1.165, 1.54) is 0 Å². The molecule has 2 aliphatic rings. The molecule has 0 fully saturated rings. The highest BCUT2D eigenvalue weighted by molar-refractivity contribution is 6.21. The molecule has 0 N–H and O–H groups in total. The lowest BCUT2D eigenvalue weighted by Crippen LogP contribution is -2.38. The van der Waals surface area contributed by atoms with Crippen molar-refractivity contribution in [3.8, 4) is 0 Å². The van der Waals surface area contributed by atoms with Crippen LogP contribution in [0.25, 0.3) is 5.57 Å². The lowest BCUT2D eigenvalue weighted by Gasteiger charge is -2.35. The lowest BCUT2D eigenvalue weighted by molar-refractivity contribution is -0.115. The van der Waals surface area contributed by atoms with Gasteiger partial charge >= 0.3 is 0 Å². The number of pyridine rings is 1. The minimum atomic E-state index is 0.243. The smallest absolute Gasteiger partial charge is 0.166 e. The largest absolute Gasteiger partial charge is 0.369 e. The van der Waals surface area contributed by atoms with Gasteiger partial charge in [-0.05, 0) is 24.1 Å². The standard InChI is InChI=1S/C14H14N2O/c17-14-9-12-3-1-2-8-16(12)10-13(14)11-4-6-15-7-5-11/h1-2,4-7,10,12H,3,8-9H2. The Balaban J connectivity index is 1.97. The number of carbonyl (C=O) groups is 1. The summed E-state index contributed by atoms with van der Waals surface area (Å²) in [6.45, 7) is 0.909. The van der Waals surface area contributed by atoms with Gasteiger partial charge in [-0.1, -0.05) is 12.2 Å². The first-order valence-electron chi connectivity index (χ1n) is 5.91. The second kappa shape index (κ2) is 4.17. The predicted octanol–water partition coefficient (Wildman–Crippen LogP) is 2.03. The molecule has 0 amide bonds. The zero-order chi connectivity index (χ0) is 11.7. The molecule has 3 heterocycles. The summed E-state index contributed by atoms with van der Waals surface area (Å²) >= 11 is 0. The van der Waals surface area contributed by atoms with Crippen molar-refractivity contribution >= 4 is 11.4 Å². The van der Waals surface area contributed by atoms with Crippen molar-refractivity contribution in [1.29, 1.82) is 0 Å². The minimum Gasteiger partial charge on any atom is -0.369 e. The highest BCUT2D eigenvalue weighted by Crippen LogP contribution is 2.28. The van der Waals surface area contributed by atoms with E-state index in [9.17, 15) is 4.79 Å². The molecule has 1 aromatic heterocycles. The highest BCUT2D eigenvalue weighted by atomic mass is 16.1. The maximum Gasteiger partial charge on any atom is 0.166 e. The van der Waals surface area contributed by atoms with Crippen LogP contribution in [0.2, 0.25) is 0 Å². The summed E-state index contributed by atoms with van der Waals surface area (Å²) in [4.78, 5) is 18.4. The van der Waals surface area contributed by atoms with Crippen LogP contribution in [-0.4, -0.2) is 28.3 Å². The van der Waals surface area contributed by atoms with Gasteiger partial charge < -0.3 is 4.90 Å². The van der Waals surface area contributed by atoms with Crippen LogP contribution in [0.3, 0.4) is 0 Å². The maximum absolute atomic E-state index is 12.1. The SMILES string of the molecule is O=C1CC2CC=CCN2C=C1c1ccncc1. The third-order valence-corrected chi connectivity index (χ3v) is 3.37. The van der Waals surface area contributed by atoms with Crippen LogP contribution < -0.4 is 0 Å². The van der Waals surface area contributed by atoms with E-state index in [4.69, 9.17) is 0 Å². The molecule has 1 aromatic rings. The Morgan fingerprint density at radius 3 is 2.88 bits per heavy atom. The molecule has 3 heteroatoms. The van der Waals surface area contributed by atoms with E-state index in [1.807, 2.05) is 18.3 Å². The molecule has 0 aliphatic carbocycles. The summed E-state index contributed by atoms with van der Waals surface area (Å²) in [6, 6.07) is 4.14. The second-order valence-electron chi connectivity index (χ2n) is 4.46. The molecule has 17 heavy (non-hydrogen) atoms. The first-order valence-corrected chi connectivity index (χ1v) is 5.91. The van der Waals surface area contributed by atoms with Crippen LogP contribution in [-0.2, 0) is 4.79 Å². The molecule has 0 bridgehead atoms. The van der Waals surface area contributed by atoms with E-state index in [0.29, 0.717) is 12.5 Å². The Labute approximate surface area is 100 Å². The fraction of sp³-hybridized carbons (Fsp3) is 0.286. The molecule has 86 valence electrons. The van der Waals surface area contributed by atoms with Gasteiger partial charge in [0.25, 0.3) is 0 Å². The first kappa shape index (κ1) is 10.3. The Kier molecular flexibility index (Phi) is 2.52. The van der Waals surface area contributed by atoms with E-state index in [-0.39, 0.29) is 5.78 Å². The Morgan fingerprint density at radius 1 is 1.24 bits per heavy atom. The van der Waals surface area contributed by atoms with Gasteiger partial charge in [-0.15, -0.1) is 0 Å². The monoisotopic (exact) mass is 226 g/mol. The fourth-order valence-electron chi connectivity index (χ4n) is 2.42. The number of allylic oxidation sites excluding steroid dienone is 1. The normalized spacial score (nSPS) is 23.3. The molecule has 1 unspecified atom stereocenters. The molecular formula is C14H14N2O. The van der Waals surface area contributed by atoms with Gasteiger partial charge in [0.15, 0.2) is 5.78 Å². The molecule has 0 saturated carbocycles. The minimum absolute atomic E-state index is 0.243. The summed E-state index contributed by atoms with van der Waals surface area (Å²) in [5.41, 5.74) is 1.79. The topological polar surface area (TPSA) is 33.2 Å². The molecule has 0 aromatic carbocycles. The summed E-state index contributed by atoms with van der Waals surface area (Å²) in [5, 5.41) is 0. The zero-order valence-corrected chi connectivity index (χ0v) is 9.54. The summed E-state index contributed by atoms with van der Waals surface area (Å²) < 4.78 is 0. The van der Waals surface area contributed by atoms with Crippen LogP contribution in [0.15, 0.2) is 42.9 Å².